The lowest BCUT2D eigenvalue weighted by Crippen LogP contribution is -2.39. The Kier molecular flexibility index (Phi) is 7.59. The second kappa shape index (κ2) is 9.18. The molecule has 1 aromatic carbocycles. The lowest BCUT2D eigenvalue weighted by atomic mass is 10.1. The first-order valence-corrected chi connectivity index (χ1v) is 8.03. The molecule has 0 aliphatic carbocycles. The number of hydrogen-bond donors (Lipinski definition) is 0. The summed E-state index contributed by atoms with van der Waals surface area (Å²) < 4.78 is 10.6. The number of nitrogens with zero attached hydrogens (tertiary/aromatic N) is 1. The predicted molar refractivity (Wildman–Crippen MR) is 89.7 cm³/mol. The summed E-state index contributed by atoms with van der Waals surface area (Å²) in [6, 6.07) is 4.05. The van der Waals surface area contributed by atoms with Crippen LogP contribution in [-0.4, -0.2) is 43.1 Å². The minimum absolute atomic E-state index is 0.0320. The number of esters is 1. The molecule has 0 saturated carbocycles. The van der Waals surface area contributed by atoms with Gasteiger partial charge in [0.2, 0.25) is 0 Å². The quantitative estimate of drug-likeness (QED) is 0.691. The molecule has 5 nitrogen and oxygen atoms in total. The fraction of sp³-hybridized carbons (Fsp3) is 0.556. The van der Waals surface area contributed by atoms with Gasteiger partial charge in [-0.2, -0.15) is 0 Å². The van der Waals surface area contributed by atoms with Crippen molar-refractivity contribution in [3.63, 3.8) is 0 Å². The maximum absolute atomic E-state index is 12.3. The van der Waals surface area contributed by atoms with Gasteiger partial charge in [-0.25, -0.2) is 0 Å². The normalized spacial score (nSPS) is 10.3. The molecule has 0 N–H and O–H groups in total. The Hall–Kier alpha value is -2.04. The van der Waals surface area contributed by atoms with Crippen molar-refractivity contribution in [3.8, 4) is 5.75 Å². The van der Waals surface area contributed by atoms with Crippen LogP contribution in [0.5, 0.6) is 5.75 Å². The van der Waals surface area contributed by atoms with E-state index in [0.717, 1.165) is 28.9 Å². The standard InChI is InChI=1S/C18H27NO4/c1-6-8-19(11-17(21)22-7-2)16(20)12-23-18-14(4)9-13(3)10-15(18)5/h9-10H,6-8,11-12H2,1-5H3. The largest absolute Gasteiger partial charge is 0.483 e. The molecule has 23 heavy (non-hydrogen) atoms. The third kappa shape index (κ3) is 5.93. The molecule has 128 valence electrons. The summed E-state index contributed by atoms with van der Waals surface area (Å²) in [4.78, 5) is 25.4. The molecule has 0 aromatic heterocycles. The number of aryl methyl sites for hydroxylation is 3. The highest BCUT2D eigenvalue weighted by Gasteiger charge is 2.18. The molecule has 1 rings (SSSR count). The van der Waals surface area contributed by atoms with Gasteiger partial charge >= 0.3 is 5.97 Å². The third-order valence-corrected chi connectivity index (χ3v) is 3.42. The zero-order valence-corrected chi connectivity index (χ0v) is 14.8. The third-order valence-electron chi connectivity index (χ3n) is 3.42. The molecule has 1 aromatic rings. The zero-order chi connectivity index (χ0) is 17.4. The van der Waals surface area contributed by atoms with Crippen LogP contribution in [0.3, 0.4) is 0 Å². The molecule has 0 unspecified atom stereocenters. The van der Waals surface area contributed by atoms with Gasteiger partial charge in [0.05, 0.1) is 6.61 Å². The lowest BCUT2D eigenvalue weighted by molar-refractivity contribution is -0.149. The van der Waals surface area contributed by atoms with Crippen molar-refractivity contribution >= 4 is 11.9 Å². The van der Waals surface area contributed by atoms with Gasteiger partial charge in [0, 0.05) is 6.54 Å². The molecule has 0 aliphatic rings. The first-order valence-electron chi connectivity index (χ1n) is 8.03. The van der Waals surface area contributed by atoms with E-state index < -0.39 is 5.97 Å². The highest BCUT2D eigenvalue weighted by atomic mass is 16.5. The Balaban J connectivity index is 2.70. The molecule has 0 spiro atoms. The number of rotatable bonds is 8. The van der Waals surface area contributed by atoms with E-state index in [1.54, 1.807) is 6.92 Å². The lowest BCUT2D eigenvalue weighted by Gasteiger charge is -2.22. The summed E-state index contributed by atoms with van der Waals surface area (Å²) in [6.45, 7) is 10.4. The molecule has 0 bridgehead atoms. The van der Waals surface area contributed by atoms with Gasteiger partial charge in [-0.05, 0) is 45.2 Å². The van der Waals surface area contributed by atoms with E-state index in [9.17, 15) is 9.59 Å². The first-order chi connectivity index (χ1) is 10.9. The average Bonchev–Trinajstić information content (AvgIpc) is 2.45. The van der Waals surface area contributed by atoms with Crippen molar-refractivity contribution in [2.24, 2.45) is 0 Å². The smallest absolute Gasteiger partial charge is 0.325 e. The average molecular weight is 321 g/mol. The molecule has 1 amide bonds. The monoisotopic (exact) mass is 321 g/mol. The van der Waals surface area contributed by atoms with Crippen molar-refractivity contribution in [2.45, 2.75) is 41.0 Å². The summed E-state index contributed by atoms with van der Waals surface area (Å²) in [7, 11) is 0. The fourth-order valence-corrected chi connectivity index (χ4v) is 2.54. The van der Waals surface area contributed by atoms with Crippen LogP contribution in [-0.2, 0) is 14.3 Å². The van der Waals surface area contributed by atoms with Crippen LogP contribution in [0.4, 0.5) is 0 Å². The van der Waals surface area contributed by atoms with Gasteiger partial charge in [0.1, 0.15) is 12.3 Å². The molecule has 0 aliphatic heterocycles. The van der Waals surface area contributed by atoms with Crippen molar-refractivity contribution in [2.75, 3.05) is 26.3 Å². The van der Waals surface area contributed by atoms with Gasteiger partial charge in [-0.1, -0.05) is 24.6 Å². The van der Waals surface area contributed by atoms with Crippen LogP contribution < -0.4 is 4.74 Å². The second-order valence-electron chi connectivity index (χ2n) is 5.64. The van der Waals surface area contributed by atoms with Crippen molar-refractivity contribution in [1.82, 2.24) is 4.90 Å². The number of carbonyl (C=O) groups is 2. The van der Waals surface area contributed by atoms with Crippen LogP contribution >= 0.6 is 0 Å². The van der Waals surface area contributed by atoms with E-state index in [-0.39, 0.29) is 19.1 Å². The van der Waals surface area contributed by atoms with Crippen molar-refractivity contribution in [3.05, 3.63) is 28.8 Å². The van der Waals surface area contributed by atoms with E-state index in [1.165, 1.54) is 4.90 Å². The number of hydrogen-bond acceptors (Lipinski definition) is 4. The zero-order valence-electron chi connectivity index (χ0n) is 14.8. The topological polar surface area (TPSA) is 55.8 Å². The SMILES string of the molecule is CCCN(CC(=O)OCC)C(=O)COc1c(C)cc(C)cc1C. The van der Waals surface area contributed by atoms with E-state index in [4.69, 9.17) is 9.47 Å². The van der Waals surface area contributed by atoms with Crippen LogP contribution in [0.2, 0.25) is 0 Å². The van der Waals surface area contributed by atoms with Gasteiger partial charge in [-0.3, -0.25) is 9.59 Å². The van der Waals surface area contributed by atoms with Crippen LogP contribution in [0.1, 0.15) is 37.0 Å². The van der Waals surface area contributed by atoms with Gasteiger partial charge in [-0.15, -0.1) is 0 Å². The van der Waals surface area contributed by atoms with Crippen molar-refractivity contribution in [1.29, 1.82) is 0 Å². The number of amides is 1. The van der Waals surface area contributed by atoms with Crippen LogP contribution in [0, 0.1) is 20.8 Å². The second-order valence-corrected chi connectivity index (χ2v) is 5.64. The fourth-order valence-electron chi connectivity index (χ4n) is 2.54. The summed E-state index contributed by atoms with van der Waals surface area (Å²) >= 11 is 0. The summed E-state index contributed by atoms with van der Waals surface area (Å²) in [5.41, 5.74) is 3.17. The highest BCUT2D eigenvalue weighted by molar-refractivity contribution is 5.83. The van der Waals surface area contributed by atoms with E-state index >= 15 is 0 Å². The Morgan fingerprint density at radius 3 is 2.22 bits per heavy atom. The molecular formula is C18H27NO4. The van der Waals surface area contributed by atoms with E-state index in [1.807, 2.05) is 39.8 Å². The molecule has 5 heteroatoms. The highest BCUT2D eigenvalue weighted by Crippen LogP contribution is 2.24. The Morgan fingerprint density at radius 1 is 1.09 bits per heavy atom. The molecule has 0 radical (unpaired) electrons. The Morgan fingerprint density at radius 2 is 1.70 bits per heavy atom. The van der Waals surface area contributed by atoms with Gasteiger partial charge in [0.25, 0.3) is 5.91 Å². The summed E-state index contributed by atoms with van der Waals surface area (Å²) in [6.07, 6.45) is 0.772. The Bertz CT molecular complexity index is 531. The van der Waals surface area contributed by atoms with Gasteiger partial charge < -0.3 is 14.4 Å². The number of ether oxygens (including phenoxy) is 2. The maximum Gasteiger partial charge on any atom is 0.325 e. The summed E-state index contributed by atoms with van der Waals surface area (Å²) in [5, 5.41) is 0. The maximum atomic E-state index is 12.3. The van der Waals surface area contributed by atoms with Gasteiger partial charge in [0.15, 0.2) is 6.61 Å². The molecule has 0 atom stereocenters. The first kappa shape index (κ1) is 19.0. The van der Waals surface area contributed by atoms with Crippen LogP contribution in [0.25, 0.3) is 0 Å². The van der Waals surface area contributed by atoms with Crippen LogP contribution in [0.15, 0.2) is 12.1 Å². The Labute approximate surface area is 138 Å². The minimum Gasteiger partial charge on any atom is -0.483 e. The molecule has 0 fully saturated rings. The number of benzene rings is 1. The predicted octanol–water partition coefficient (Wildman–Crippen LogP) is 2.79. The number of carbonyl (C=O) groups excluding carboxylic acids is 2. The molecule has 0 heterocycles. The van der Waals surface area contributed by atoms with E-state index in [0.29, 0.717) is 13.2 Å². The summed E-state index contributed by atoms with van der Waals surface area (Å²) in [5.74, 6) is 0.132. The minimum atomic E-state index is -0.392. The molecule has 0 saturated heterocycles. The van der Waals surface area contributed by atoms with E-state index in [2.05, 4.69) is 0 Å². The van der Waals surface area contributed by atoms with Crippen molar-refractivity contribution < 1.29 is 19.1 Å². The molecular weight excluding hydrogens is 294 g/mol.